The first-order valence-corrected chi connectivity index (χ1v) is 13.8. The van der Waals surface area contributed by atoms with Gasteiger partial charge in [-0.2, -0.15) is 18.3 Å². The molecule has 2 N–H and O–H groups in total. The zero-order valence-corrected chi connectivity index (χ0v) is 23.9. The van der Waals surface area contributed by atoms with E-state index in [9.17, 15) is 22.8 Å². The van der Waals surface area contributed by atoms with Crippen LogP contribution in [-0.2, 0) is 10.9 Å². The molecule has 45 heavy (non-hydrogen) atoms. The Balaban J connectivity index is 1.27. The van der Waals surface area contributed by atoms with Gasteiger partial charge in [0.2, 0.25) is 0 Å². The molecule has 0 atom stereocenters. The van der Waals surface area contributed by atoms with Crippen molar-refractivity contribution in [2.24, 2.45) is 0 Å². The molecule has 0 spiro atoms. The molecule has 1 amide bonds. The Morgan fingerprint density at radius 3 is 2.62 bits per heavy atom. The van der Waals surface area contributed by atoms with E-state index in [0.29, 0.717) is 35.4 Å². The van der Waals surface area contributed by atoms with E-state index in [1.54, 1.807) is 19.9 Å². The molecular formula is C30H25F4N7O4. The Kier molecular flexibility index (Phi) is 7.70. The number of rotatable bonds is 7. The molecular weight excluding hydrogens is 598 g/mol. The molecule has 0 fully saturated rings. The number of halogens is 4. The van der Waals surface area contributed by atoms with Gasteiger partial charge in [-0.25, -0.2) is 23.8 Å². The molecule has 4 aromatic heterocycles. The lowest BCUT2D eigenvalue weighted by Gasteiger charge is -2.16. The van der Waals surface area contributed by atoms with Gasteiger partial charge in [0, 0.05) is 36.3 Å². The predicted octanol–water partition coefficient (Wildman–Crippen LogP) is 5.89. The van der Waals surface area contributed by atoms with E-state index < -0.39 is 34.8 Å². The molecule has 6 rings (SSSR count). The fourth-order valence-corrected chi connectivity index (χ4v) is 5.06. The standard InChI is InChI=1S/C30H25F4N7O4/c1-16(2)40-25-23(6-10-36-27(25)39-29(40)43)45-22-4-3-19(14-21(22)31)38-28(42)20-15-37-41(26(20)30(32,33)34)24-13-18(5-9-35-24)17-7-11-44-12-8-17/h3-7,9-10,13-16H,8,11-12H2,1-2H3,(H,38,42)(H,36,39,43). The third-order valence-electron chi connectivity index (χ3n) is 7.08. The van der Waals surface area contributed by atoms with Gasteiger partial charge in [-0.3, -0.25) is 14.3 Å². The van der Waals surface area contributed by atoms with Gasteiger partial charge in [0.1, 0.15) is 5.52 Å². The van der Waals surface area contributed by atoms with Gasteiger partial charge in [0.05, 0.1) is 25.0 Å². The summed E-state index contributed by atoms with van der Waals surface area (Å²) < 4.78 is 71.1. The van der Waals surface area contributed by atoms with Gasteiger partial charge in [-0.15, -0.1) is 0 Å². The molecule has 0 saturated heterocycles. The van der Waals surface area contributed by atoms with Crippen molar-refractivity contribution in [2.75, 3.05) is 18.5 Å². The van der Waals surface area contributed by atoms with E-state index >= 15 is 4.39 Å². The number of ether oxygens (including phenoxy) is 2. The van der Waals surface area contributed by atoms with Crippen molar-refractivity contribution in [3.8, 4) is 17.3 Å². The van der Waals surface area contributed by atoms with E-state index in [1.807, 2.05) is 6.08 Å². The largest absolute Gasteiger partial charge is 0.452 e. The Labute approximate surface area is 252 Å². The zero-order valence-electron chi connectivity index (χ0n) is 23.9. The minimum absolute atomic E-state index is 0.127. The highest BCUT2D eigenvalue weighted by Crippen LogP contribution is 2.35. The summed E-state index contributed by atoms with van der Waals surface area (Å²) in [4.78, 5) is 36.2. The summed E-state index contributed by atoms with van der Waals surface area (Å²) in [6, 6.07) is 7.72. The van der Waals surface area contributed by atoms with Crippen LogP contribution in [0.4, 0.5) is 23.2 Å². The lowest BCUT2D eigenvalue weighted by atomic mass is 10.0. The average molecular weight is 624 g/mol. The van der Waals surface area contributed by atoms with Crippen molar-refractivity contribution >= 4 is 28.3 Å². The van der Waals surface area contributed by atoms with Crippen LogP contribution in [0.2, 0.25) is 0 Å². The lowest BCUT2D eigenvalue weighted by molar-refractivity contribution is -0.143. The number of alkyl halides is 3. The van der Waals surface area contributed by atoms with Gasteiger partial charge in [0.25, 0.3) is 5.91 Å². The van der Waals surface area contributed by atoms with Gasteiger partial charge in [-0.1, -0.05) is 6.08 Å². The summed E-state index contributed by atoms with van der Waals surface area (Å²) in [5, 5.41) is 6.13. The van der Waals surface area contributed by atoms with E-state index in [2.05, 4.69) is 25.4 Å². The molecule has 0 saturated carbocycles. The van der Waals surface area contributed by atoms with Crippen LogP contribution < -0.4 is 15.7 Å². The maximum atomic E-state index is 15.2. The Morgan fingerprint density at radius 1 is 1.11 bits per heavy atom. The van der Waals surface area contributed by atoms with E-state index in [4.69, 9.17) is 9.47 Å². The summed E-state index contributed by atoms with van der Waals surface area (Å²) in [5.74, 6) is -2.31. The van der Waals surface area contributed by atoms with Crippen LogP contribution in [-0.4, -0.2) is 48.4 Å². The maximum absolute atomic E-state index is 15.2. The minimum Gasteiger partial charge on any atom is -0.452 e. The molecule has 11 nitrogen and oxygen atoms in total. The number of pyridine rings is 2. The highest BCUT2D eigenvalue weighted by atomic mass is 19.4. The Hall–Kier alpha value is -5.31. The van der Waals surface area contributed by atoms with Crippen molar-refractivity contribution in [1.82, 2.24) is 29.3 Å². The number of aromatic nitrogens is 6. The summed E-state index contributed by atoms with van der Waals surface area (Å²) in [5.41, 5.74) is -0.522. The van der Waals surface area contributed by atoms with Crippen molar-refractivity contribution in [3.63, 3.8) is 0 Å². The molecule has 1 aliphatic rings. The normalized spacial score (nSPS) is 13.7. The summed E-state index contributed by atoms with van der Waals surface area (Å²) >= 11 is 0. The zero-order chi connectivity index (χ0) is 31.9. The van der Waals surface area contributed by atoms with E-state index in [0.717, 1.165) is 17.8 Å². The number of carbonyl (C=O) groups excluding carboxylic acids is 1. The highest BCUT2D eigenvalue weighted by Gasteiger charge is 2.41. The van der Waals surface area contributed by atoms with Crippen LogP contribution in [0.25, 0.3) is 22.6 Å². The van der Waals surface area contributed by atoms with Crippen LogP contribution in [0.5, 0.6) is 11.5 Å². The van der Waals surface area contributed by atoms with Gasteiger partial charge < -0.3 is 14.8 Å². The second-order valence-electron chi connectivity index (χ2n) is 10.4. The summed E-state index contributed by atoms with van der Waals surface area (Å²) in [6.07, 6.45) is 0.981. The Morgan fingerprint density at radius 2 is 1.91 bits per heavy atom. The van der Waals surface area contributed by atoms with E-state index in [1.165, 1.54) is 41.2 Å². The number of anilines is 1. The van der Waals surface area contributed by atoms with Crippen molar-refractivity contribution < 1.29 is 31.8 Å². The molecule has 15 heteroatoms. The fraction of sp³-hybridized carbons (Fsp3) is 0.233. The number of amides is 1. The lowest BCUT2D eigenvalue weighted by Crippen LogP contribution is -2.21. The summed E-state index contributed by atoms with van der Waals surface area (Å²) in [6.45, 7) is 4.45. The average Bonchev–Trinajstić information content (AvgIpc) is 3.61. The minimum atomic E-state index is -4.98. The third-order valence-corrected chi connectivity index (χ3v) is 7.08. The monoisotopic (exact) mass is 623 g/mol. The summed E-state index contributed by atoms with van der Waals surface area (Å²) in [7, 11) is 0. The molecule has 0 bridgehead atoms. The second kappa shape index (κ2) is 11.6. The van der Waals surface area contributed by atoms with Crippen LogP contribution in [0.1, 0.15) is 47.9 Å². The van der Waals surface area contributed by atoms with Crippen molar-refractivity contribution in [2.45, 2.75) is 32.5 Å². The van der Waals surface area contributed by atoms with E-state index in [-0.39, 0.29) is 34.7 Å². The van der Waals surface area contributed by atoms with Crippen LogP contribution in [0.15, 0.2) is 65.9 Å². The number of hydrogen-bond donors (Lipinski definition) is 2. The van der Waals surface area contributed by atoms with Gasteiger partial charge >= 0.3 is 11.9 Å². The highest BCUT2D eigenvalue weighted by molar-refractivity contribution is 6.05. The van der Waals surface area contributed by atoms with Gasteiger partial charge in [0.15, 0.2) is 34.5 Å². The topological polar surface area (TPSA) is 129 Å². The molecule has 0 unspecified atom stereocenters. The number of fused-ring (bicyclic) bond motifs is 1. The molecule has 1 aliphatic heterocycles. The van der Waals surface area contributed by atoms with Crippen LogP contribution in [0.3, 0.4) is 0 Å². The first-order valence-electron chi connectivity index (χ1n) is 13.8. The number of nitrogens with one attached hydrogen (secondary N) is 2. The molecule has 0 aliphatic carbocycles. The number of nitrogens with zero attached hydrogens (tertiary/aromatic N) is 5. The number of H-pyrrole nitrogens is 1. The molecule has 1 aromatic carbocycles. The first-order chi connectivity index (χ1) is 21.5. The Bertz CT molecular complexity index is 2010. The van der Waals surface area contributed by atoms with Crippen molar-refractivity contribution in [3.05, 3.63) is 94.2 Å². The third kappa shape index (κ3) is 5.81. The SMILES string of the molecule is CC(C)n1c(=O)[nH]c2nccc(Oc3ccc(NC(=O)c4cnn(-c5cc(C6=CCOCC6)ccn5)c4C(F)(F)F)cc3F)c21. The second-order valence-corrected chi connectivity index (χ2v) is 10.4. The smallest absolute Gasteiger partial charge is 0.434 e. The van der Waals surface area contributed by atoms with Crippen LogP contribution >= 0.6 is 0 Å². The number of hydrogen-bond acceptors (Lipinski definition) is 7. The molecule has 232 valence electrons. The first kappa shape index (κ1) is 29.7. The molecule has 5 heterocycles. The van der Waals surface area contributed by atoms with Crippen LogP contribution in [0, 0.1) is 5.82 Å². The number of aromatic amines is 1. The van der Waals surface area contributed by atoms with Gasteiger partial charge in [-0.05, 0) is 55.7 Å². The molecule has 5 aromatic rings. The maximum Gasteiger partial charge on any atom is 0.434 e. The number of imidazole rings is 1. The molecule has 0 radical (unpaired) electrons. The fourth-order valence-electron chi connectivity index (χ4n) is 5.06. The number of carbonyl (C=O) groups is 1. The number of benzene rings is 1. The quantitative estimate of drug-likeness (QED) is 0.216. The van der Waals surface area contributed by atoms with Crippen molar-refractivity contribution in [1.29, 1.82) is 0 Å². The predicted molar refractivity (Wildman–Crippen MR) is 155 cm³/mol.